The summed E-state index contributed by atoms with van der Waals surface area (Å²) in [5, 5.41) is 7.26. The molecule has 0 aliphatic rings. The van der Waals surface area contributed by atoms with Gasteiger partial charge < -0.3 is 4.84 Å². The molecule has 0 bridgehead atoms. The molecule has 0 saturated heterocycles. The van der Waals surface area contributed by atoms with Crippen molar-refractivity contribution < 1.29 is 14.0 Å². The van der Waals surface area contributed by atoms with E-state index in [1.807, 2.05) is 6.92 Å². The zero-order chi connectivity index (χ0) is 12.8. The Bertz CT molecular complexity index is 437. The summed E-state index contributed by atoms with van der Waals surface area (Å²) < 4.78 is 12.8. The van der Waals surface area contributed by atoms with Gasteiger partial charge in [0, 0.05) is 0 Å². The number of carbonyl (C=O) groups is 1. The summed E-state index contributed by atoms with van der Waals surface area (Å²) in [6.45, 7) is 1.86. The number of halogens is 2. The minimum atomic E-state index is -0.757. The number of hydrogen-bond donors (Lipinski definition) is 2. The van der Waals surface area contributed by atoms with Crippen LogP contribution in [0.3, 0.4) is 0 Å². The monoisotopic (exact) mass is 258 g/mol. The molecule has 0 unspecified atom stereocenters. The summed E-state index contributed by atoms with van der Waals surface area (Å²) in [4.78, 5) is 15.9. The molecule has 1 aromatic carbocycles. The first-order valence-corrected chi connectivity index (χ1v) is 5.42. The molecule has 0 radical (unpaired) electrons. The van der Waals surface area contributed by atoms with E-state index in [1.165, 1.54) is 12.1 Å². The first-order valence-electron chi connectivity index (χ1n) is 5.04. The van der Waals surface area contributed by atoms with Crippen LogP contribution in [-0.4, -0.2) is 11.7 Å². The summed E-state index contributed by atoms with van der Waals surface area (Å²) >= 11 is 5.54. The van der Waals surface area contributed by atoms with Gasteiger partial charge in [-0.25, -0.2) is 14.7 Å². The van der Waals surface area contributed by atoms with Crippen molar-refractivity contribution in [3.8, 4) is 0 Å². The molecule has 0 aliphatic heterocycles. The maximum absolute atomic E-state index is 12.8. The van der Waals surface area contributed by atoms with Crippen LogP contribution in [0, 0.1) is 11.2 Å². The number of hydrogen-bond acceptors (Lipinski definition) is 4. The SMILES string of the molecule is CCCC(=N)C(=O)ONc1ccc(F)c(Cl)c1. The lowest BCUT2D eigenvalue weighted by molar-refractivity contribution is -0.133. The summed E-state index contributed by atoms with van der Waals surface area (Å²) in [5.74, 6) is -1.31. The lowest BCUT2D eigenvalue weighted by Crippen LogP contribution is -2.19. The van der Waals surface area contributed by atoms with Crippen LogP contribution in [-0.2, 0) is 9.63 Å². The smallest absolute Gasteiger partial charge is 0.337 e. The number of carbonyl (C=O) groups excluding carboxylic acids is 1. The van der Waals surface area contributed by atoms with E-state index >= 15 is 0 Å². The Morgan fingerprint density at radius 3 is 2.88 bits per heavy atom. The Hall–Kier alpha value is -1.62. The highest BCUT2D eigenvalue weighted by Gasteiger charge is 2.10. The van der Waals surface area contributed by atoms with E-state index in [0.717, 1.165) is 6.07 Å². The molecule has 0 aromatic heterocycles. The summed E-state index contributed by atoms with van der Waals surface area (Å²) in [5.41, 5.74) is 2.53. The molecule has 0 spiro atoms. The van der Waals surface area contributed by atoms with Crippen molar-refractivity contribution in [1.82, 2.24) is 0 Å². The molecule has 0 saturated carbocycles. The highest BCUT2D eigenvalue weighted by atomic mass is 35.5. The molecule has 0 atom stereocenters. The van der Waals surface area contributed by atoms with Crippen molar-refractivity contribution in [1.29, 1.82) is 5.41 Å². The molecule has 1 aromatic rings. The quantitative estimate of drug-likeness (QED) is 0.630. The van der Waals surface area contributed by atoms with E-state index in [2.05, 4.69) is 10.3 Å². The van der Waals surface area contributed by atoms with Crippen LogP contribution >= 0.6 is 11.6 Å². The van der Waals surface area contributed by atoms with Gasteiger partial charge in [-0.1, -0.05) is 24.9 Å². The van der Waals surface area contributed by atoms with Crippen LogP contribution in [0.2, 0.25) is 5.02 Å². The number of nitrogens with one attached hydrogen (secondary N) is 2. The molecule has 1 rings (SSSR count). The number of rotatable bonds is 5. The fourth-order valence-corrected chi connectivity index (χ4v) is 1.26. The van der Waals surface area contributed by atoms with Gasteiger partial charge in [0.1, 0.15) is 11.5 Å². The van der Waals surface area contributed by atoms with Crippen LogP contribution in [0.1, 0.15) is 19.8 Å². The van der Waals surface area contributed by atoms with Crippen molar-refractivity contribution in [2.75, 3.05) is 5.48 Å². The largest absolute Gasteiger partial charge is 0.376 e. The highest BCUT2D eigenvalue weighted by molar-refractivity contribution is 6.35. The van der Waals surface area contributed by atoms with Gasteiger partial charge in [0.2, 0.25) is 0 Å². The second-order valence-electron chi connectivity index (χ2n) is 3.35. The third kappa shape index (κ3) is 4.03. The van der Waals surface area contributed by atoms with Gasteiger partial charge in [-0.2, -0.15) is 0 Å². The van der Waals surface area contributed by atoms with Crippen molar-refractivity contribution in [2.45, 2.75) is 19.8 Å². The Balaban J connectivity index is 2.53. The van der Waals surface area contributed by atoms with Gasteiger partial charge in [0.15, 0.2) is 0 Å². The molecule has 0 aliphatic carbocycles. The Morgan fingerprint density at radius 2 is 2.29 bits per heavy atom. The minimum absolute atomic E-state index is 0.0744. The van der Waals surface area contributed by atoms with Gasteiger partial charge in [0.25, 0.3) is 0 Å². The minimum Gasteiger partial charge on any atom is -0.337 e. The molecule has 92 valence electrons. The second kappa shape index (κ2) is 6.20. The van der Waals surface area contributed by atoms with Gasteiger partial charge >= 0.3 is 5.97 Å². The molecular formula is C11H12ClFN2O2. The standard InChI is InChI=1S/C11H12ClFN2O2/c1-2-3-10(14)11(16)17-15-7-4-5-9(13)8(12)6-7/h4-6,14-15H,2-3H2,1H3. The summed E-state index contributed by atoms with van der Waals surface area (Å²) in [6, 6.07) is 3.81. The lowest BCUT2D eigenvalue weighted by atomic mass is 10.2. The van der Waals surface area contributed by atoms with Crippen LogP contribution in [0.25, 0.3) is 0 Å². The van der Waals surface area contributed by atoms with Crippen molar-refractivity contribution >= 4 is 29.0 Å². The topological polar surface area (TPSA) is 62.2 Å². The van der Waals surface area contributed by atoms with Gasteiger partial charge in [-0.3, -0.25) is 5.41 Å². The molecular weight excluding hydrogens is 247 g/mol. The fraction of sp³-hybridized carbons (Fsp3) is 0.273. The summed E-state index contributed by atoms with van der Waals surface area (Å²) in [6.07, 6.45) is 1.04. The maximum Gasteiger partial charge on any atom is 0.376 e. The predicted molar refractivity (Wildman–Crippen MR) is 63.8 cm³/mol. The van der Waals surface area contributed by atoms with Crippen LogP contribution in [0.5, 0.6) is 0 Å². The highest BCUT2D eigenvalue weighted by Crippen LogP contribution is 2.19. The number of anilines is 1. The normalized spacial score (nSPS) is 9.82. The Labute approximate surface area is 103 Å². The molecule has 2 N–H and O–H groups in total. The van der Waals surface area contributed by atoms with Crippen molar-refractivity contribution in [3.05, 3.63) is 29.0 Å². The van der Waals surface area contributed by atoms with E-state index in [1.54, 1.807) is 0 Å². The van der Waals surface area contributed by atoms with Gasteiger partial charge in [0.05, 0.1) is 10.7 Å². The molecule has 17 heavy (non-hydrogen) atoms. The van der Waals surface area contributed by atoms with Gasteiger partial charge in [-0.15, -0.1) is 0 Å². The van der Waals surface area contributed by atoms with E-state index in [-0.39, 0.29) is 10.7 Å². The van der Waals surface area contributed by atoms with E-state index in [4.69, 9.17) is 17.0 Å². The van der Waals surface area contributed by atoms with E-state index in [9.17, 15) is 9.18 Å². The predicted octanol–water partition coefficient (Wildman–Crippen LogP) is 3.17. The molecule has 0 amide bonds. The fourth-order valence-electron chi connectivity index (χ4n) is 1.08. The molecule has 4 nitrogen and oxygen atoms in total. The summed E-state index contributed by atoms with van der Waals surface area (Å²) in [7, 11) is 0. The average Bonchev–Trinajstić information content (AvgIpc) is 2.30. The van der Waals surface area contributed by atoms with Crippen molar-refractivity contribution in [2.24, 2.45) is 0 Å². The Morgan fingerprint density at radius 1 is 1.59 bits per heavy atom. The second-order valence-corrected chi connectivity index (χ2v) is 3.76. The van der Waals surface area contributed by atoms with Crippen LogP contribution in [0.4, 0.5) is 10.1 Å². The zero-order valence-electron chi connectivity index (χ0n) is 9.22. The van der Waals surface area contributed by atoms with E-state index < -0.39 is 11.8 Å². The van der Waals surface area contributed by atoms with Crippen LogP contribution < -0.4 is 5.48 Å². The first-order chi connectivity index (χ1) is 8.04. The lowest BCUT2D eigenvalue weighted by Gasteiger charge is -2.07. The molecule has 6 heteroatoms. The third-order valence-electron chi connectivity index (χ3n) is 1.93. The van der Waals surface area contributed by atoms with E-state index in [0.29, 0.717) is 18.5 Å². The third-order valence-corrected chi connectivity index (χ3v) is 2.22. The zero-order valence-corrected chi connectivity index (χ0v) is 9.97. The Kier molecular flexibility index (Phi) is 4.90. The molecule has 0 fully saturated rings. The average molecular weight is 259 g/mol. The number of benzene rings is 1. The van der Waals surface area contributed by atoms with Crippen LogP contribution in [0.15, 0.2) is 18.2 Å². The maximum atomic E-state index is 12.8. The first kappa shape index (κ1) is 13.4. The van der Waals surface area contributed by atoms with Gasteiger partial charge in [-0.05, 0) is 24.6 Å². The van der Waals surface area contributed by atoms with Crippen molar-refractivity contribution in [3.63, 3.8) is 0 Å². The molecule has 0 heterocycles.